The van der Waals surface area contributed by atoms with E-state index in [4.69, 9.17) is 14.9 Å². The minimum Gasteiger partial charge on any atom is -0.494 e. The third-order valence-electron chi connectivity index (χ3n) is 5.95. The molecule has 2 aromatic carbocycles. The van der Waals surface area contributed by atoms with Gasteiger partial charge in [0.1, 0.15) is 11.5 Å². The van der Waals surface area contributed by atoms with Gasteiger partial charge in [-0.05, 0) is 42.7 Å². The molecular weight excluding hydrogens is 558 g/mol. The molecule has 0 aliphatic heterocycles. The minimum atomic E-state index is -0.136. The van der Waals surface area contributed by atoms with Crippen LogP contribution in [0.5, 0.6) is 5.75 Å². The topological polar surface area (TPSA) is 132 Å². The predicted molar refractivity (Wildman–Crippen MR) is 164 cm³/mol. The lowest BCUT2D eigenvalue weighted by Gasteiger charge is -2.12. The van der Waals surface area contributed by atoms with Gasteiger partial charge in [0.2, 0.25) is 17.7 Å². The molecule has 0 fully saturated rings. The van der Waals surface area contributed by atoms with Gasteiger partial charge in [0, 0.05) is 11.8 Å². The van der Waals surface area contributed by atoms with Crippen molar-refractivity contribution in [1.29, 1.82) is 0 Å². The summed E-state index contributed by atoms with van der Waals surface area (Å²) in [6.45, 7) is 6.76. The number of nitrogens with zero attached hydrogens (tertiary/aromatic N) is 2. The number of para-hydroxylation sites is 2. The number of nitrogen functional groups attached to an aromatic ring is 1. The fourth-order valence-corrected chi connectivity index (χ4v) is 5.44. The Hall–Kier alpha value is -3.83. The zero-order valence-electron chi connectivity index (χ0n) is 23.4. The molecule has 0 unspecified atom stereocenters. The molecule has 41 heavy (non-hydrogen) atoms. The van der Waals surface area contributed by atoms with E-state index in [2.05, 4.69) is 41.4 Å². The first-order valence-electron chi connectivity index (χ1n) is 13.4. The number of unbranched alkanes of at least 4 members (excludes halogenated alkanes) is 1. The number of carbonyl (C=O) groups excluding carboxylic acids is 2. The van der Waals surface area contributed by atoms with E-state index in [9.17, 15) is 9.59 Å². The van der Waals surface area contributed by atoms with Crippen LogP contribution < -0.4 is 21.1 Å². The summed E-state index contributed by atoms with van der Waals surface area (Å²) in [5.74, 6) is 2.64. The van der Waals surface area contributed by atoms with Gasteiger partial charge in [-0.1, -0.05) is 56.4 Å². The lowest BCUT2D eigenvalue weighted by molar-refractivity contribution is -0.116. The molecule has 2 heterocycles. The van der Waals surface area contributed by atoms with Crippen molar-refractivity contribution >= 4 is 51.4 Å². The summed E-state index contributed by atoms with van der Waals surface area (Å²) in [5.41, 5.74) is 7.83. The molecule has 0 atom stereocenters. The molecule has 0 saturated heterocycles. The summed E-state index contributed by atoms with van der Waals surface area (Å²) in [6.07, 6.45) is 5.59. The molecule has 2 amide bonds. The van der Waals surface area contributed by atoms with Crippen LogP contribution in [0.1, 0.15) is 57.2 Å². The largest absolute Gasteiger partial charge is 0.494 e. The number of thiazole rings is 1. The number of nitrogens with one attached hydrogen (secondary N) is 2. The number of amides is 2. The molecule has 2 aromatic heterocycles. The third kappa shape index (κ3) is 9.65. The van der Waals surface area contributed by atoms with Crippen LogP contribution in [0.25, 0.3) is 0 Å². The lowest BCUT2D eigenvalue weighted by atomic mass is 9.94. The Kier molecular flexibility index (Phi) is 10.4. The molecule has 0 aliphatic carbocycles. The van der Waals surface area contributed by atoms with Gasteiger partial charge >= 0.3 is 0 Å². The first-order valence-corrected chi connectivity index (χ1v) is 15.2. The van der Waals surface area contributed by atoms with Crippen molar-refractivity contribution in [2.24, 2.45) is 0 Å². The molecule has 0 aliphatic rings. The Labute approximate surface area is 248 Å². The highest BCUT2D eigenvalue weighted by atomic mass is 32.2. The van der Waals surface area contributed by atoms with Gasteiger partial charge in [0.15, 0.2) is 5.13 Å². The van der Waals surface area contributed by atoms with Crippen LogP contribution in [-0.4, -0.2) is 28.4 Å². The zero-order valence-corrected chi connectivity index (χ0v) is 25.1. The van der Waals surface area contributed by atoms with Crippen LogP contribution in [0.15, 0.2) is 69.6 Å². The summed E-state index contributed by atoms with van der Waals surface area (Å²) in [4.78, 5) is 33.3. The number of ether oxygens (including phenoxy) is 1. The van der Waals surface area contributed by atoms with Crippen molar-refractivity contribution in [2.45, 2.75) is 61.8 Å². The maximum absolute atomic E-state index is 12.5. The summed E-state index contributed by atoms with van der Waals surface area (Å²) in [6, 6.07) is 14.6. The average Bonchev–Trinajstić information content (AvgIpc) is 3.59. The van der Waals surface area contributed by atoms with Crippen LogP contribution in [0.4, 0.5) is 16.5 Å². The number of rotatable bonds is 13. The van der Waals surface area contributed by atoms with Gasteiger partial charge in [0.05, 0.1) is 46.8 Å². The molecular formula is C30H35N5O4S2. The summed E-state index contributed by atoms with van der Waals surface area (Å²) >= 11 is 2.99. The Morgan fingerprint density at radius 2 is 1.78 bits per heavy atom. The van der Waals surface area contributed by atoms with Crippen molar-refractivity contribution in [3.05, 3.63) is 78.1 Å². The Balaban J connectivity index is 1.12. The number of thioether (sulfide) groups is 1. The van der Waals surface area contributed by atoms with Crippen molar-refractivity contribution in [3.8, 4) is 5.75 Å². The van der Waals surface area contributed by atoms with E-state index in [1.165, 1.54) is 11.3 Å². The molecule has 0 saturated carbocycles. The van der Waals surface area contributed by atoms with Crippen molar-refractivity contribution in [3.63, 3.8) is 0 Å². The molecule has 216 valence electrons. The number of carbonyl (C=O) groups is 2. The van der Waals surface area contributed by atoms with Crippen LogP contribution in [0, 0.1) is 0 Å². The fourth-order valence-electron chi connectivity index (χ4n) is 3.69. The summed E-state index contributed by atoms with van der Waals surface area (Å²) in [5, 5.41) is 6.25. The molecule has 4 N–H and O–H groups in total. The van der Waals surface area contributed by atoms with Crippen LogP contribution in [0.2, 0.25) is 0 Å². The maximum atomic E-state index is 12.5. The highest BCUT2D eigenvalue weighted by Gasteiger charge is 2.19. The number of nitrogens with two attached hydrogens (primary N) is 1. The number of aromatic nitrogens is 2. The second kappa shape index (κ2) is 14.2. The lowest BCUT2D eigenvalue weighted by Crippen LogP contribution is -2.14. The molecule has 11 heteroatoms. The minimum absolute atomic E-state index is 0.0702. The molecule has 0 bridgehead atoms. The highest BCUT2D eigenvalue weighted by molar-refractivity contribution is 8.00. The smallest absolute Gasteiger partial charge is 0.230 e. The number of hydrogen-bond acceptors (Lipinski definition) is 9. The van der Waals surface area contributed by atoms with Gasteiger partial charge in [-0.15, -0.1) is 11.8 Å². The van der Waals surface area contributed by atoms with E-state index in [1.807, 2.05) is 36.4 Å². The number of oxazole rings is 1. The predicted octanol–water partition coefficient (Wildman–Crippen LogP) is 6.67. The van der Waals surface area contributed by atoms with Gasteiger partial charge in [-0.3, -0.25) is 9.59 Å². The molecule has 4 rings (SSSR count). The Morgan fingerprint density at radius 3 is 2.51 bits per heavy atom. The number of benzene rings is 2. The maximum Gasteiger partial charge on any atom is 0.230 e. The van der Waals surface area contributed by atoms with E-state index in [1.54, 1.807) is 36.3 Å². The quantitative estimate of drug-likeness (QED) is 0.0889. The Bertz CT molecular complexity index is 1440. The SMILES string of the molecule is CC(C)(C)c1cnc(CSc2cnc(NC(=O)Cc3ccc(OCCCCC(=O)Nc4ccccc4N)cc3)s2)o1. The van der Waals surface area contributed by atoms with E-state index < -0.39 is 0 Å². The van der Waals surface area contributed by atoms with Gasteiger partial charge in [-0.2, -0.15) is 0 Å². The van der Waals surface area contributed by atoms with Crippen molar-refractivity contribution in [1.82, 2.24) is 9.97 Å². The monoisotopic (exact) mass is 593 g/mol. The zero-order chi connectivity index (χ0) is 29.2. The second-order valence-electron chi connectivity index (χ2n) is 10.5. The summed E-state index contributed by atoms with van der Waals surface area (Å²) in [7, 11) is 0. The highest BCUT2D eigenvalue weighted by Crippen LogP contribution is 2.32. The van der Waals surface area contributed by atoms with E-state index in [0.717, 1.165) is 27.7 Å². The number of anilines is 3. The van der Waals surface area contributed by atoms with Crippen molar-refractivity contribution in [2.75, 3.05) is 23.0 Å². The van der Waals surface area contributed by atoms with Crippen molar-refractivity contribution < 1.29 is 18.7 Å². The van der Waals surface area contributed by atoms with Crippen LogP contribution in [-0.2, 0) is 27.2 Å². The molecule has 4 aromatic rings. The fraction of sp³-hybridized carbons (Fsp3) is 0.333. The van der Waals surface area contributed by atoms with Gasteiger partial charge < -0.3 is 25.5 Å². The molecule has 0 radical (unpaired) electrons. The van der Waals surface area contributed by atoms with E-state index in [-0.39, 0.29) is 23.7 Å². The van der Waals surface area contributed by atoms with Crippen LogP contribution in [0.3, 0.4) is 0 Å². The first kappa shape index (κ1) is 30.1. The van der Waals surface area contributed by atoms with Gasteiger partial charge in [-0.25, -0.2) is 9.97 Å². The van der Waals surface area contributed by atoms with E-state index in [0.29, 0.717) is 47.6 Å². The number of hydrogen-bond donors (Lipinski definition) is 3. The first-order chi connectivity index (χ1) is 19.7. The van der Waals surface area contributed by atoms with Gasteiger partial charge in [0.25, 0.3) is 0 Å². The second-order valence-corrected chi connectivity index (χ2v) is 12.8. The summed E-state index contributed by atoms with van der Waals surface area (Å²) < 4.78 is 12.6. The third-order valence-corrected chi connectivity index (χ3v) is 8.04. The standard InChI is InChI=1S/C30H35N5O4S2/c1-30(2,3)24-17-32-27(39-24)19-40-28-18-33-29(41-28)35-26(37)16-20-11-13-21(14-12-20)38-15-7-6-10-25(36)34-23-9-5-4-8-22(23)31/h4-5,8-9,11-14,17-18H,6-7,10,15-16,19,31H2,1-3H3,(H,34,36)(H,33,35,37). The molecule has 0 spiro atoms. The average molecular weight is 594 g/mol. The normalized spacial score (nSPS) is 11.3. The van der Waals surface area contributed by atoms with E-state index >= 15 is 0 Å². The Morgan fingerprint density at radius 1 is 1.00 bits per heavy atom. The molecule has 9 nitrogen and oxygen atoms in total. The van der Waals surface area contributed by atoms with Crippen LogP contribution >= 0.6 is 23.1 Å².